The van der Waals surface area contributed by atoms with Crippen molar-refractivity contribution < 1.29 is 0 Å². The molecular weight excluding hydrogens is 328 g/mol. The van der Waals surface area contributed by atoms with E-state index in [2.05, 4.69) is 33.9 Å². The van der Waals surface area contributed by atoms with Gasteiger partial charge in [0.2, 0.25) is 5.78 Å². The number of aromatic nitrogens is 6. The van der Waals surface area contributed by atoms with Crippen LogP contribution in [0.1, 0.15) is 43.9 Å². The van der Waals surface area contributed by atoms with E-state index in [1.165, 1.54) is 4.52 Å². The van der Waals surface area contributed by atoms with E-state index in [0.717, 1.165) is 37.2 Å². The topological polar surface area (TPSA) is 80.9 Å². The Hall–Kier alpha value is -2.96. The lowest BCUT2D eigenvalue weighted by Crippen LogP contribution is -2.20. The molecule has 0 radical (unpaired) electrons. The van der Waals surface area contributed by atoms with Gasteiger partial charge in [0, 0.05) is 19.4 Å². The molecule has 0 aliphatic carbocycles. The Morgan fingerprint density at radius 2 is 1.88 bits per heavy atom. The Labute approximate surface area is 150 Å². The molecule has 3 aromatic heterocycles. The first-order valence-corrected chi connectivity index (χ1v) is 9.12. The maximum atomic E-state index is 12.9. The van der Waals surface area contributed by atoms with Crippen LogP contribution in [0.15, 0.2) is 35.1 Å². The van der Waals surface area contributed by atoms with Gasteiger partial charge in [-0.1, -0.05) is 44.2 Å². The SMILES string of the molecule is CCCc1nc2c([nH]1)c(=O)n1nc(Cc3ccccc3)nc1n2CCC. The summed E-state index contributed by atoms with van der Waals surface area (Å²) in [5.74, 6) is 2.03. The van der Waals surface area contributed by atoms with E-state index in [0.29, 0.717) is 29.2 Å². The number of fused-ring (bicyclic) bond motifs is 2. The summed E-state index contributed by atoms with van der Waals surface area (Å²) in [6, 6.07) is 10.0. The van der Waals surface area contributed by atoms with E-state index >= 15 is 0 Å². The first kappa shape index (κ1) is 16.5. The number of hydrogen-bond acceptors (Lipinski definition) is 4. The van der Waals surface area contributed by atoms with E-state index in [1.807, 2.05) is 34.9 Å². The minimum absolute atomic E-state index is 0.191. The summed E-state index contributed by atoms with van der Waals surface area (Å²) in [4.78, 5) is 25.4. The van der Waals surface area contributed by atoms with Crippen molar-refractivity contribution in [2.75, 3.05) is 0 Å². The molecule has 4 rings (SSSR count). The lowest BCUT2D eigenvalue weighted by Gasteiger charge is -2.06. The van der Waals surface area contributed by atoms with Crippen molar-refractivity contribution in [1.82, 2.24) is 29.1 Å². The zero-order chi connectivity index (χ0) is 18.1. The largest absolute Gasteiger partial charge is 0.336 e. The number of aromatic amines is 1. The molecule has 1 aromatic carbocycles. The molecule has 26 heavy (non-hydrogen) atoms. The highest BCUT2D eigenvalue weighted by atomic mass is 16.1. The smallest absolute Gasteiger partial charge is 0.301 e. The monoisotopic (exact) mass is 350 g/mol. The summed E-state index contributed by atoms with van der Waals surface area (Å²) in [6.07, 6.45) is 3.30. The molecule has 0 saturated heterocycles. The number of benzene rings is 1. The van der Waals surface area contributed by atoms with Gasteiger partial charge in [-0.25, -0.2) is 4.98 Å². The molecule has 7 nitrogen and oxygen atoms in total. The average Bonchev–Trinajstić information content (AvgIpc) is 3.25. The molecule has 0 amide bonds. The van der Waals surface area contributed by atoms with Crippen LogP contribution in [0.5, 0.6) is 0 Å². The lowest BCUT2D eigenvalue weighted by molar-refractivity contribution is 0.685. The highest BCUT2D eigenvalue weighted by Crippen LogP contribution is 2.14. The Morgan fingerprint density at radius 3 is 2.62 bits per heavy atom. The van der Waals surface area contributed by atoms with Crippen LogP contribution in [-0.2, 0) is 19.4 Å². The van der Waals surface area contributed by atoms with Gasteiger partial charge in [-0.2, -0.15) is 9.50 Å². The molecule has 134 valence electrons. The minimum Gasteiger partial charge on any atom is -0.336 e. The predicted octanol–water partition coefficient (Wildman–Crippen LogP) is 2.72. The molecule has 0 bridgehead atoms. The van der Waals surface area contributed by atoms with Crippen molar-refractivity contribution in [3.05, 3.63) is 57.9 Å². The van der Waals surface area contributed by atoms with Gasteiger partial charge in [0.15, 0.2) is 17.0 Å². The molecule has 3 heterocycles. The minimum atomic E-state index is -0.191. The van der Waals surface area contributed by atoms with Crippen molar-refractivity contribution in [1.29, 1.82) is 0 Å². The summed E-state index contributed by atoms with van der Waals surface area (Å²) in [7, 11) is 0. The molecule has 0 unspecified atom stereocenters. The molecule has 0 atom stereocenters. The highest BCUT2D eigenvalue weighted by Gasteiger charge is 2.18. The second-order valence-corrected chi connectivity index (χ2v) is 6.49. The fourth-order valence-corrected chi connectivity index (χ4v) is 3.25. The van der Waals surface area contributed by atoms with Crippen LogP contribution in [0, 0.1) is 0 Å². The average molecular weight is 350 g/mol. The van der Waals surface area contributed by atoms with Crippen LogP contribution >= 0.6 is 0 Å². The first-order valence-electron chi connectivity index (χ1n) is 9.12. The Morgan fingerprint density at radius 1 is 1.08 bits per heavy atom. The van der Waals surface area contributed by atoms with Gasteiger partial charge in [0.1, 0.15) is 5.82 Å². The molecular formula is C19H22N6O. The molecule has 0 saturated carbocycles. The van der Waals surface area contributed by atoms with Crippen LogP contribution < -0.4 is 5.56 Å². The van der Waals surface area contributed by atoms with E-state index in [4.69, 9.17) is 0 Å². The zero-order valence-electron chi connectivity index (χ0n) is 15.1. The summed E-state index contributed by atoms with van der Waals surface area (Å²) >= 11 is 0. The van der Waals surface area contributed by atoms with Crippen molar-refractivity contribution >= 4 is 16.9 Å². The van der Waals surface area contributed by atoms with Crippen LogP contribution in [-0.4, -0.2) is 29.1 Å². The van der Waals surface area contributed by atoms with Gasteiger partial charge in [0.25, 0.3) is 0 Å². The molecule has 0 spiro atoms. The number of H-pyrrole nitrogens is 1. The Bertz CT molecular complexity index is 1110. The standard InChI is InChI=1S/C19H22N6O/c1-3-8-14-20-16-17(21-14)24(11-4-2)19-22-15(23-25(19)18(16)26)12-13-9-6-5-7-10-13/h5-7,9-10H,3-4,8,11-12H2,1-2H3,(H,20,21). The van der Waals surface area contributed by atoms with Gasteiger partial charge < -0.3 is 4.98 Å². The van der Waals surface area contributed by atoms with Crippen molar-refractivity contribution in [2.45, 2.75) is 46.1 Å². The maximum Gasteiger partial charge on any atom is 0.301 e. The second kappa shape index (κ2) is 6.74. The number of hydrogen-bond donors (Lipinski definition) is 1. The van der Waals surface area contributed by atoms with E-state index in [-0.39, 0.29) is 5.56 Å². The first-order chi connectivity index (χ1) is 12.7. The number of imidazole rings is 1. The van der Waals surface area contributed by atoms with Crippen LogP contribution in [0.4, 0.5) is 0 Å². The third kappa shape index (κ3) is 2.79. The van der Waals surface area contributed by atoms with Gasteiger partial charge in [-0.15, -0.1) is 5.10 Å². The summed E-state index contributed by atoms with van der Waals surface area (Å²) in [6.45, 7) is 4.93. The number of aryl methyl sites for hydroxylation is 2. The summed E-state index contributed by atoms with van der Waals surface area (Å²) in [5, 5.41) is 4.48. The molecule has 0 fully saturated rings. The number of rotatable bonds is 6. The Balaban J connectivity index is 1.89. The van der Waals surface area contributed by atoms with Crippen LogP contribution in [0.3, 0.4) is 0 Å². The second-order valence-electron chi connectivity index (χ2n) is 6.49. The highest BCUT2D eigenvalue weighted by molar-refractivity contribution is 5.72. The Kier molecular flexibility index (Phi) is 4.28. The van der Waals surface area contributed by atoms with Gasteiger partial charge in [-0.3, -0.25) is 9.36 Å². The quantitative estimate of drug-likeness (QED) is 0.580. The van der Waals surface area contributed by atoms with Crippen molar-refractivity contribution in [3.63, 3.8) is 0 Å². The van der Waals surface area contributed by atoms with Crippen molar-refractivity contribution in [2.24, 2.45) is 0 Å². The lowest BCUT2D eigenvalue weighted by atomic mass is 10.1. The maximum absolute atomic E-state index is 12.9. The number of nitrogens with one attached hydrogen (secondary N) is 1. The van der Waals surface area contributed by atoms with Gasteiger partial charge in [0.05, 0.1) is 0 Å². The molecule has 4 aromatic rings. The van der Waals surface area contributed by atoms with E-state index in [1.54, 1.807) is 0 Å². The third-order valence-corrected chi connectivity index (χ3v) is 4.41. The fourth-order valence-electron chi connectivity index (χ4n) is 3.25. The summed E-state index contributed by atoms with van der Waals surface area (Å²) in [5.41, 5.74) is 2.10. The fraction of sp³-hybridized carbons (Fsp3) is 0.368. The normalized spacial score (nSPS) is 11.6. The third-order valence-electron chi connectivity index (χ3n) is 4.41. The zero-order valence-corrected chi connectivity index (χ0v) is 15.1. The van der Waals surface area contributed by atoms with Crippen LogP contribution in [0.25, 0.3) is 16.9 Å². The van der Waals surface area contributed by atoms with Gasteiger partial charge >= 0.3 is 5.56 Å². The van der Waals surface area contributed by atoms with Crippen molar-refractivity contribution in [3.8, 4) is 0 Å². The molecule has 1 N–H and O–H groups in total. The molecule has 0 aliphatic rings. The molecule has 7 heteroatoms. The number of nitrogens with zero attached hydrogens (tertiary/aromatic N) is 5. The molecule has 0 aliphatic heterocycles. The van der Waals surface area contributed by atoms with E-state index in [9.17, 15) is 4.79 Å². The van der Waals surface area contributed by atoms with Gasteiger partial charge in [-0.05, 0) is 18.4 Å². The van der Waals surface area contributed by atoms with E-state index < -0.39 is 0 Å². The summed E-state index contributed by atoms with van der Waals surface area (Å²) < 4.78 is 3.40. The van der Waals surface area contributed by atoms with Crippen LogP contribution in [0.2, 0.25) is 0 Å². The predicted molar refractivity (Wildman–Crippen MR) is 100 cm³/mol.